The second-order valence-electron chi connectivity index (χ2n) is 8.62. The van der Waals surface area contributed by atoms with Crippen molar-refractivity contribution < 1.29 is 4.79 Å². The topological polar surface area (TPSA) is 71.8 Å². The molecule has 4 rings (SSSR count). The molecule has 0 aliphatic carbocycles. The summed E-state index contributed by atoms with van der Waals surface area (Å²) in [5.74, 6) is 0.235. The molecule has 0 atom stereocenters. The van der Waals surface area contributed by atoms with Gasteiger partial charge >= 0.3 is 0 Å². The zero-order valence-electron chi connectivity index (χ0n) is 19.4. The highest BCUT2D eigenvalue weighted by atomic mass is 32.1. The number of nitrogens with zero attached hydrogens (tertiary/aromatic N) is 3. The maximum atomic E-state index is 12.6. The van der Waals surface area contributed by atoms with E-state index in [1.54, 1.807) is 4.80 Å². The van der Waals surface area contributed by atoms with Gasteiger partial charge in [-0.25, -0.2) is 0 Å². The summed E-state index contributed by atoms with van der Waals surface area (Å²) in [5.41, 5.74) is 8.04. The molecule has 0 aliphatic rings. The van der Waals surface area contributed by atoms with E-state index in [1.807, 2.05) is 63.2 Å². The number of aryl methyl sites for hydroxylation is 3. The number of carbonyl (C=O) groups excluding carboxylic acids is 1. The molecule has 0 fully saturated rings. The number of aromatic nitrogens is 3. The van der Waals surface area contributed by atoms with E-state index in [2.05, 4.69) is 46.8 Å². The van der Waals surface area contributed by atoms with Gasteiger partial charge in [0.2, 0.25) is 0 Å². The standard InChI is InChI=1S/C26H27N5OS/c1-15(2)19-7-9-20(10-8-19)31-29-23-13-18(5)22(14-24(23)30-31)27-26(33)28-25(32)21-11-6-16(3)12-17(21)4/h6-15H,1-5H3,(H2,27,28,32,33). The van der Waals surface area contributed by atoms with Gasteiger partial charge in [0.25, 0.3) is 5.91 Å². The zero-order chi connectivity index (χ0) is 23.7. The SMILES string of the molecule is Cc1ccc(C(=O)NC(=S)Nc2cc3nn(-c4ccc(C(C)C)cc4)nc3cc2C)c(C)c1. The molecule has 4 aromatic rings. The molecule has 7 heteroatoms. The van der Waals surface area contributed by atoms with Gasteiger partial charge in [0.05, 0.1) is 5.69 Å². The molecule has 2 N–H and O–H groups in total. The Hall–Kier alpha value is -3.58. The molecule has 0 spiro atoms. The van der Waals surface area contributed by atoms with Crippen LogP contribution in [0.1, 0.15) is 52.4 Å². The molecule has 33 heavy (non-hydrogen) atoms. The van der Waals surface area contributed by atoms with Gasteiger partial charge in [0.15, 0.2) is 5.11 Å². The van der Waals surface area contributed by atoms with Crippen molar-refractivity contribution in [3.63, 3.8) is 0 Å². The van der Waals surface area contributed by atoms with Gasteiger partial charge < -0.3 is 5.32 Å². The lowest BCUT2D eigenvalue weighted by Gasteiger charge is -2.12. The van der Waals surface area contributed by atoms with Crippen LogP contribution in [0.3, 0.4) is 0 Å². The molecule has 3 aromatic carbocycles. The first kappa shape index (κ1) is 22.6. The third-order valence-corrected chi connectivity index (χ3v) is 5.82. The minimum atomic E-state index is -0.237. The van der Waals surface area contributed by atoms with Crippen LogP contribution in [0.4, 0.5) is 5.69 Å². The van der Waals surface area contributed by atoms with E-state index in [-0.39, 0.29) is 11.0 Å². The number of carbonyl (C=O) groups is 1. The average Bonchev–Trinajstić information content (AvgIpc) is 3.16. The Balaban J connectivity index is 1.52. The largest absolute Gasteiger partial charge is 0.332 e. The third kappa shape index (κ3) is 4.93. The van der Waals surface area contributed by atoms with Gasteiger partial charge in [-0.1, -0.05) is 43.7 Å². The maximum Gasteiger partial charge on any atom is 0.257 e. The lowest BCUT2D eigenvalue weighted by molar-refractivity contribution is 0.0977. The molecule has 0 saturated carbocycles. The van der Waals surface area contributed by atoms with E-state index in [0.29, 0.717) is 11.5 Å². The van der Waals surface area contributed by atoms with Gasteiger partial charge in [0.1, 0.15) is 11.0 Å². The molecule has 0 bridgehead atoms. The smallest absolute Gasteiger partial charge is 0.257 e. The highest BCUT2D eigenvalue weighted by Gasteiger charge is 2.13. The van der Waals surface area contributed by atoms with Gasteiger partial charge in [-0.3, -0.25) is 10.1 Å². The van der Waals surface area contributed by atoms with Crippen molar-refractivity contribution >= 4 is 40.0 Å². The summed E-state index contributed by atoms with van der Waals surface area (Å²) in [7, 11) is 0. The molecule has 1 heterocycles. The Bertz CT molecular complexity index is 1360. The van der Waals surface area contributed by atoms with Crippen LogP contribution in [0, 0.1) is 20.8 Å². The Kier molecular flexibility index (Phi) is 6.24. The van der Waals surface area contributed by atoms with Crippen LogP contribution in [0.15, 0.2) is 54.6 Å². The molecule has 168 valence electrons. The molecular formula is C26H27N5OS. The molecule has 1 amide bonds. The molecule has 0 radical (unpaired) electrons. The summed E-state index contributed by atoms with van der Waals surface area (Å²) in [6, 6.07) is 17.8. The first-order chi connectivity index (χ1) is 15.7. The van der Waals surface area contributed by atoms with Crippen LogP contribution in [0.5, 0.6) is 0 Å². The lowest BCUT2D eigenvalue weighted by Crippen LogP contribution is -2.34. The Morgan fingerprint density at radius 1 is 0.909 bits per heavy atom. The minimum absolute atomic E-state index is 0.235. The number of hydrogen-bond donors (Lipinski definition) is 2. The molecular weight excluding hydrogens is 430 g/mol. The van der Waals surface area contributed by atoms with Crippen LogP contribution in [0.2, 0.25) is 0 Å². The van der Waals surface area contributed by atoms with Crippen LogP contribution in [-0.2, 0) is 0 Å². The van der Waals surface area contributed by atoms with Crippen LogP contribution >= 0.6 is 12.2 Å². The van der Waals surface area contributed by atoms with E-state index >= 15 is 0 Å². The van der Waals surface area contributed by atoms with Crippen molar-refractivity contribution in [3.05, 3.63) is 82.4 Å². The molecule has 0 aliphatic heterocycles. The number of nitrogens with one attached hydrogen (secondary N) is 2. The normalized spacial score (nSPS) is 11.1. The summed E-state index contributed by atoms with van der Waals surface area (Å²) < 4.78 is 0. The van der Waals surface area contributed by atoms with Crippen LogP contribution in [-0.4, -0.2) is 26.0 Å². The van der Waals surface area contributed by atoms with Crippen LogP contribution < -0.4 is 10.6 Å². The van der Waals surface area contributed by atoms with Crippen molar-refractivity contribution in [3.8, 4) is 5.69 Å². The van der Waals surface area contributed by atoms with E-state index < -0.39 is 0 Å². The Labute approximate surface area is 199 Å². The summed E-state index contributed by atoms with van der Waals surface area (Å²) in [6.07, 6.45) is 0. The maximum absolute atomic E-state index is 12.6. The van der Waals surface area contributed by atoms with Crippen LogP contribution in [0.25, 0.3) is 16.7 Å². The second-order valence-corrected chi connectivity index (χ2v) is 9.03. The molecule has 1 aromatic heterocycles. The zero-order valence-corrected chi connectivity index (χ0v) is 20.2. The number of benzene rings is 3. The summed E-state index contributed by atoms with van der Waals surface area (Å²) in [6.45, 7) is 10.2. The van der Waals surface area contributed by atoms with Gasteiger partial charge in [0, 0.05) is 11.3 Å². The summed E-state index contributed by atoms with van der Waals surface area (Å²) in [5, 5.41) is 15.4. The highest BCUT2D eigenvalue weighted by Crippen LogP contribution is 2.23. The number of hydrogen-bond acceptors (Lipinski definition) is 4. The first-order valence-corrected chi connectivity index (χ1v) is 11.3. The minimum Gasteiger partial charge on any atom is -0.332 e. The molecule has 6 nitrogen and oxygen atoms in total. The number of amides is 1. The predicted molar refractivity (Wildman–Crippen MR) is 137 cm³/mol. The highest BCUT2D eigenvalue weighted by molar-refractivity contribution is 7.80. The van der Waals surface area contributed by atoms with Gasteiger partial charge in [-0.05, 0) is 85.9 Å². The molecule has 0 unspecified atom stereocenters. The number of fused-ring (bicyclic) bond motifs is 1. The fraction of sp³-hybridized carbons (Fsp3) is 0.231. The van der Waals surface area contributed by atoms with E-state index in [4.69, 9.17) is 12.2 Å². The predicted octanol–water partition coefficient (Wildman–Crippen LogP) is 5.60. The summed E-state index contributed by atoms with van der Waals surface area (Å²) in [4.78, 5) is 14.3. The fourth-order valence-electron chi connectivity index (χ4n) is 3.70. The third-order valence-electron chi connectivity index (χ3n) is 5.62. The van der Waals surface area contributed by atoms with E-state index in [0.717, 1.165) is 39.1 Å². The molecule has 0 saturated heterocycles. The van der Waals surface area contributed by atoms with Crippen molar-refractivity contribution in [2.24, 2.45) is 0 Å². The van der Waals surface area contributed by atoms with E-state index in [1.165, 1.54) is 5.56 Å². The lowest BCUT2D eigenvalue weighted by atomic mass is 10.0. The van der Waals surface area contributed by atoms with E-state index in [9.17, 15) is 4.79 Å². The average molecular weight is 458 g/mol. The Morgan fingerprint density at radius 3 is 2.21 bits per heavy atom. The summed E-state index contributed by atoms with van der Waals surface area (Å²) >= 11 is 5.39. The monoisotopic (exact) mass is 457 g/mol. The first-order valence-electron chi connectivity index (χ1n) is 10.9. The van der Waals surface area contributed by atoms with Crippen molar-refractivity contribution in [1.82, 2.24) is 20.3 Å². The quantitative estimate of drug-likeness (QED) is 0.391. The van der Waals surface area contributed by atoms with Crippen molar-refractivity contribution in [2.45, 2.75) is 40.5 Å². The number of thiocarbonyl (C=S) groups is 1. The van der Waals surface area contributed by atoms with Gasteiger partial charge in [-0.2, -0.15) is 4.80 Å². The van der Waals surface area contributed by atoms with Crippen molar-refractivity contribution in [1.29, 1.82) is 0 Å². The Morgan fingerprint density at radius 2 is 1.58 bits per heavy atom. The fourth-order valence-corrected chi connectivity index (χ4v) is 3.91. The van der Waals surface area contributed by atoms with Gasteiger partial charge in [-0.15, -0.1) is 10.2 Å². The second kappa shape index (κ2) is 9.11. The number of anilines is 1. The van der Waals surface area contributed by atoms with Crippen molar-refractivity contribution in [2.75, 3.05) is 5.32 Å². The number of rotatable bonds is 4.